The fourth-order valence-corrected chi connectivity index (χ4v) is 3.44. The van der Waals surface area contributed by atoms with Crippen molar-refractivity contribution < 1.29 is 9.15 Å². The van der Waals surface area contributed by atoms with Crippen molar-refractivity contribution in [3.8, 4) is 28.0 Å². The second kappa shape index (κ2) is 5.38. The van der Waals surface area contributed by atoms with E-state index in [0.29, 0.717) is 16.5 Å². The van der Waals surface area contributed by atoms with Crippen molar-refractivity contribution in [1.82, 2.24) is 24.8 Å². The zero-order valence-electron chi connectivity index (χ0n) is 13.1. The molecule has 0 N–H and O–H groups in total. The number of pyridine rings is 1. The first-order valence-electron chi connectivity index (χ1n) is 7.53. The minimum Gasteiger partial charge on any atom is -0.497 e. The molecule has 5 rings (SSSR count). The lowest BCUT2D eigenvalue weighted by Gasteiger charge is -2.03. The lowest BCUT2D eigenvalue weighted by atomic mass is 10.2. The number of hydrogen-bond donors (Lipinski definition) is 0. The Kier molecular flexibility index (Phi) is 3.04. The number of benzene rings is 1. The van der Waals surface area contributed by atoms with E-state index in [0.717, 1.165) is 27.4 Å². The average Bonchev–Trinajstić information content (AvgIpc) is 3.37. The zero-order valence-corrected chi connectivity index (χ0v) is 13.9. The number of ether oxygens (including phenoxy) is 1. The summed E-state index contributed by atoms with van der Waals surface area (Å²) in [6.07, 6.45) is 1.60. The number of rotatable bonds is 3. The van der Waals surface area contributed by atoms with E-state index in [2.05, 4.69) is 15.3 Å². The summed E-state index contributed by atoms with van der Waals surface area (Å²) in [6, 6.07) is 13.4. The molecule has 0 aliphatic heterocycles. The second-order valence-corrected chi connectivity index (χ2v) is 6.31. The van der Waals surface area contributed by atoms with E-state index in [1.54, 1.807) is 17.9 Å². The molecule has 0 radical (unpaired) electrons. The van der Waals surface area contributed by atoms with Crippen molar-refractivity contribution >= 4 is 27.2 Å². The molecule has 4 heterocycles. The van der Waals surface area contributed by atoms with Gasteiger partial charge in [0, 0.05) is 5.39 Å². The highest BCUT2D eigenvalue weighted by atomic mass is 32.1. The fraction of sp³-hybridized carbons (Fsp3) is 0.0588. The number of hydrogen-bond acceptors (Lipinski definition) is 7. The molecular formula is C17H11N5O2S. The van der Waals surface area contributed by atoms with E-state index in [4.69, 9.17) is 14.1 Å². The molecule has 0 amide bonds. The maximum atomic E-state index is 5.39. The number of furan rings is 1. The van der Waals surface area contributed by atoms with Gasteiger partial charge in [0.2, 0.25) is 10.8 Å². The van der Waals surface area contributed by atoms with Gasteiger partial charge in [-0.05, 0) is 36.4 Å². The van der Waals surface area contributed by atoms with E-state index >= 15 is 0 Å². The Morgan fingerprint density at radius 3 is 2.92 bits per heavy atom. The van der Waals surface area contributed by atoms with Gasteiger partial charge < -0.3 is 9.15 Å². The number of methoxy groups -OCH3 is 1. The molecule has 0 atom stereocenters. The predicted octanol–water partition coefficient (Wildman–Crippen LogP) is 3.67. The summed E-state index contributed by atoms with van der Waals surface area (Å²) in [5.74, 6) is 2.01. The molecule has 25 heavy (non-hydrogen) atoms. The second-order valence-electron chi connectivity index (χ2n) is 5.36. The Morgan fingerprint density at radius 2 is 2.08 bits per heavy atom. The first-order valence-corrected chi connectivity index (χ1v) is 8.35. The molecule has 0 saturated carbocycles. The van der Waals surface area contributed by atoms with E-state index in [1.807, 2.05) is 42.5 Å². The molecule has 0 aliphatic carbocycles. The molecule has 0 saturated heterocycles. The number of fused-ring (bicyclic) bond motifs is 2. The van der Waals surface area contributed by atoms with Crippen LogP contribution in [-0.2, 0) is 0 Å². The first-order chi connectivity index (χ1) is 12.3. The molecule has 4 aromatic heterocycles. The minimum absolute atomic E-state index is 0.577. The maximum Gasteiger partial charge on any atom is 0.235 e. The molecule has 8 heteroatoms. The first kappa shape index (κ1) is 14.1. The normalized spacial score (nSPS) is 11.4. The molecular weight excluding hydrogens is 338 g/mol. The van der Waals surface area contributed by atoms with E-state index in [1.165, 1.54) is 11.3 Å². The highest BCUT2D eigenvalue weighted by Crippen LogP contribution is 2.29. The monoisotopic (exact) mass is 349 g/mol. The van der Waals surface area contributed by atoms with Crippen LogP contribution in [0.15, 0.2) is 53.1 Å². The van der Waals surface area contributed by atoms with E-state index in [9.17, 15) is 0 Å². The topological polar surface area (TPSA) is 78.3 Å². The quantitative estimate of drug-likeness (QED) is 0.494. The van der Waals surface area contributed by atoms with E-state index < -0.39 is 0 Å². The van der Waals surface area contributed by atoms with Crippen LogP contribution in [-0.4, -0.2) is 31.9 Å². The van der Waals surface area contributed by atoms with Gasteiger partial charge >= 0.3 is 0 Å². The van der Waals surface area contributed by atoms with Crippen LogP contribution in [0.4, 0.5) is 0 Å². The molecule has 5 aromatic rings. The van der Waals surface area contributed by atoms with Crippen molar-refractivity contribution in [2.24, 2.45) is 0 Å². The van der Waals surface area contributed by atoms with Gasteiger partial charge in [-0.1, -0.05) is 17.4 Å². The SMILES string of the molecule is COc1ccc2nc(-c3nn4c(-c5ccco5)nnc4s3)ccc2c1. The lowest BCUT2D eigenvalue weighted by Crippen LogP contribution is -1.91. The Hall–Kier alpha value is -3.26. The Morgan fingerprint density at radius 1 is 1.12 bits per heavy atom. The standard InChI is InChI=1S/C17H11N5O2S/c1-23-11-5-7-12-10(9-11)4-6-13(18-12)16-21-22-15(14-3-2-8-24-14)19-20-17(22)25-16/h2-9H,1H3. The Bertz CT molecular complexity index is 1190. The van der Waals surface area contributed by atoms with Gasteiger partial charge in [-0.15, -0.1) is 10.2 Å². The summed E-state index contributed by atoms with van der Waals surface area (Å²) in [4.78, 5) is 5.39. The van der Waals surface area contributed by atoms with Crippen molar-refractivity contribution in [1.29, 1.82) is 0 Å². The van der Waals surface area contributed by atoms with Crippen LogP contribution < -0.4 is 4.74 Å². The smallest absolute Gasteiger partial charge is 0.235 e. The van der Waals surface area contributed by atoms with Gasteiger partial charge in [0.1, 0.15) is 11.4 Å². The average molecular weight is 349 g/mol. The van der Waals surface area contributed by atoms with Gasteiger partial charge in [-0.3, -0.25) is 0 Å². The zero-order chi connectivity index (χ0) is 16.8. The fourth-order valence-electron chi connectivity index (χ4n) is 2.63. The predicted molar refractivity (Wildman–Crippen MR) is 93.7 cm³/mol. The summed E-state index contributed by atoms with van der Waals surface area (Å²) in [6.45, 7) is 0. The highest BCUT2D eigenvalue weighted by Gasteiger charge is 2.16. The summed E-state index contributed by atoms with van der Waals surface area (Å²) in [5.41, 5.74) is 1.68. The van der Waals surface area contributed by atoms with E-state index in [-0.39, 0.29) is 0 Å². The van der Waals surface area contributed by atoms with Crippen molar-refractivity contribution in [2.75, 3.05) is 7.11 Å². The largest absolute Gasteiger partial charge is 0.497 e. The molecule has 7 nitrogen and oxygen atoms in total. The lowest BCUT2D eigenvalue weighted by molar-refractivity contribution is 0.415. The molecule has 122 valence electrons. The summed E-state index contributed by atoms with van der Waals surface area (Å²) in [5, 5.41) is 14.7. The summed E-state index contributed by atoms with van der Waals surface area (Å²) < 4.78 is 12.3. The van der Waals surface area contributed by atoms with Crippen LogP contribution >= 0.6 is 11.3 Å². The molecule has 1 aromatic carbocycles. The molecule has 0 spiro atoms. The van der Waals surface area contributed by atoms with Crippen LogP contribution in [0.5, 0.6) is 5.75 Å². The third-order valence-electron chi connectivity index (χ3n) is 3.85. The molecule has 0 bridgehead atoms. The van der Waals surface area contributed by atoms with Gasteiger partial charge in [0.15, 0.2) is 10.8 Å². The number of aromatic nitrogens is 5. The van der Waals surface area contributed by atoms with Crippen LogP contribution in [0, 0.1) is 0 Å². The summed E-state index contributed by atoms with van der Waals surface area (Å²) >= 11 is 1.43. The van der Waals surface area contributed by atoms with Gasteiger partial charge in [-0.2, -0.15) is 9.61 Å². The van der Waals surface area contributed by atoms with Crippen molar-refractivity contribution in [2.45, 2.75) is 0 Å². The third kappa shape index (κ3) is 2.26. The van der Waals surface area contributed by atoms with Gasteiger partial charge in [-0.25, -0.2) is 4.98 Å². The van der Waals surface area contributed by atoms with Crippen LogP contribution in [0.25, 0.3) is 38.2 Å². The van der Waals surface area contributed by atoms with Gasteiger partial charge in [0.25, 0.3) is 0 Å². The van der Waals surface area contributed by atoms with Crippen LogP contribution in [0.2, 0.25) is 0 Å². The van der Waals surface area contributed by atoms with Gasteiger partial charge in [0.05, 0.1) is 18.9 Å². The Balaban J connectivity index is 1.62. The van der Waals surface area contributed by atoms with Crippen molar-refractivity contribution in [3.05, 3.63) is 48.7 Å². The molecule has 0 aliphatic rings. The maximum absolute atomic E-state index is 5.39. The van der Waals surface area contributed by atoms with Crippen LogP contribution in [0.1, 0.15) is 0 Å². The highest BCUT2D eigenvalue weighted by molar-refractivity contribution is 7.19. The molecule has 0 fully saturated rings. The third-order valence-corrected chi connectivity index (χ3v) is 4.77. The minimum atomic E-state index is 0.577. The van der Waals surface area contributed by atoms with Crippen molar-refractivity contribution in [3.63, 3.8) is 0 Å². The number of nitrogens with zero attached hydrogens (tertiary/aromatic N) is 5. The summed E-state index contributed by atoms with van der Waals surface area (Å²) in [7, 11) is 1.65. The molecule has 0 unspecified atom stereocenters. The Labute approximate surface area is 145 Å². The van der Waals surface area contributed by atoms with Crippen LogP contribution in [0.3, 0.4) is 0 Å².